The molecule has 3 rings (SSSR count). The molecule has 1 atom stereocenters. The maximum Gasteiger partial charge on any atom is 0.258 e. The van der Waals surface area contributed by atoms with Gasteiger partial charge in [0.2, 0.25) is 0 Å². The number of nitrogens with one attached hydrogen (secondary N) is 3. The van der Waals surface area contributed by atoms with Gasteiger partial charge < -0.3 is 5.32 Å². The second-order valence-corrected chi connectivity index (χ2v) is 7.63. The summed E-state index contributed by atoms with van der Waals surface area (Å²) in [7, 11) is -3.50. The van der Waals surface area contributed by atoms with E-state index >= 15 is 0 Å². The van der Waals surface area contributed by atoms with Gasteiger partial charge in [0, 0.05) is 24.2 Å². The third kappa shape index (κ3) is 3.05. The summed E-state index contributed by atoms with van der Waals surface area (Å²) >= 11 is 0. The molecule has 1 heterocycles. The quantitative estimate of drug-likeness (QED) is 0.704. The molecule has 0 radical (unpaired) electrons. The minimum atomic E-state index is -3.50. The molecule has 20 heavy (non-hydrogen) atoms. The molecule has 0 saturated heterocycles. The van der Waals surface area contributed by atoms with Crippen LogP contribution < -0.4 is 10.0 Å². The number of hydrogen-bond acceptors (Lipinski definition) is 4. The zero-order valence-electron chi connectivity index (χ0n) is 11.7. The average Bonchev–Trinajstić information content (AvgIpc) is 2.99. The van der Waals surface area contributed by atoms with Crippen LogP contribution in [0.15, 0.2) is 11.2 Å². The van der Waals surface area contributed by atoms with E-state index in [4.69, 9.17) is 0 Å². The fraction of sp³-hybridized carbons (Fsp3) is 0.769. The van der Waals surface area contributed by atoms with Crippen molar-refractivity contribution in [1.29, 1.82) is 0 Å². The monoisotopic (exact) mass is 298 g/mol. The van der Waals surface area contributed by atoms with Gasteiger partial charge in [-0.1, -0.05) is 6.42 Å². The lowest BCUT2D eigenvalue weighted by Crippen LogP contribution is -2.41. The molecule has 0 amide bonds. The summed E-state index contributed by atoms with van der Waals surface area (Å²) in [5, 5.41) is 10.0. The van der Waals surface area contributed by atoms with Crippen molar-refractivity contribution in [2.24, 2.45) is 5.92 Å². The van der Waals surface area contributed by atoms with Crippen LogP contribution in [-0.2, 0) is 16.6 Å². The van der Waals surface area contributed by atoms with Crippen LogP contribution in [0.4, 0.5) is 0 Å². The third-order valence-corrected chi connectivity index (χ3v) is 5.88. The number of H-pyrrole nitrogens is 1. The first-order chi connectivity index (χ1) is 9.56. The van der Waals surface area contributed by atoms with Crippen molar-refractivity contribution in [2.75, 3.05) is 0 Å². The van der Waals surface area contributed by atoms with Gasteiger partial charge in [-0.3, -0.25) is 5.10 Å². The molecule has 1 aromatic heterocycles. The number of rotatable bonds is 7. The van der Waals surface area contributed by atoms with Crippen LogP contribution in [0.25, 0.3) is 0 Å². The maximum atomic E-state index is 12.4. The second kappa shape index (κ2) is 5.46. The summed E-state index contributed by atoms with van der Waals surface area (Å²) in [5.74, 6) is 0.473. The van der Waals surface area contributed by atoms with Gasteiger partial charge >= 0.3 is 0 Å². The van der Waals surface area contributed by atoms with Gasteiger partial charge in [0.05, 0.1) is 6.20 Å². The summed E-state index contributed by atoms with van der Waals surface area (Å²) in [6, 6.07) is 0.531. The minimum Gasteiger partial charge on any atom is -0.310 e. The lowest BCUT2D eigenvalue weighted by molar-refractivity contribution is 0.260. The summed E-state index contributed by atoms with van der Waals surface area (Å²) in [5.41, 5.74) is 0.713. The minimum absolute atomic E-state index is 0.0127. The SMILES string of the molecule is CC(NS(=O)(=O)c1[nH]ncc1CNC1CC1)C1CCC1. The fourth-order valence-corrected chi connectivity index (χ4v) is 3.98. The highest BCUT2D eigenvalue weighted by molar-refractivity contribution is 7.89. The Kier molecular flexibility index (Phi) is 3.83. The fourth-order valence-electron chi connectivity index (χ4n) is 2.54. The molecule has 0 spiro atoms. The predicted molar refractivity (Wildman–Crippen MR) is 75.6 cm³/mol. The van der Waals surface area contributed by atoms with Gasteiger partial charge in [0.1, 0.15) is 0 Å². The van der Waals surface area contributed by atoms with Crippen LogP contribution in [0.3, 0.4) is 0 Å². The first-order valence-corrected chi connectivity index (χ1v) is 8.82. The number of nitrogens with zero attached hydrogens (tertiary/aromatic N) is 1. The van der Waals surface area contributed by atoms with E-state index in [-0.39, 0.29) is 11.1 Å². The van der Waals surface area contributed by atoms with Crippen molar-refractivity contribution in [3.05, 3.63) is 11.8 Å². The average molecular weight is 298 g/mol. The smallest absolute Gasteiger partial charge is 0.258 e. The molecule has 2 fully saturated rings. The van der Waals surface area contributed by atoms with E-state index in [1.807, 2.05) is 6.92 Å². The van der Waals surface area contributed by atoms with Gasteiger partial charge in [-0.25, -0.2) is 13.1 Å². The Labute approximate surface area is 119 Å². The predicted octanol–water partition coefficient (Wildman–Crippen LogP) is 1.13. The van der Waals surface area contributed by atoms with Crippen LogP contribution in [-0.4, -0.2) is 30.7 Å². The Hall–Kier alpha value is -0.920. The van der Waals surface area contributed by atoms with Crippen LogP contribution in [0.5, 0.6) is 0 Å². The molecule has 1 unspecified atom stereocenters. The Morgan fingerprint density at radius 3 is 2.75 bits per heavy atom. The highest BCUT2D eigenvalue weighted by atomic mass is 32.2. The van der Waals surface area contributed by atoms with Crippen molar-refractivity contribution >= 4 is 10.0 Å². The normalized spacial score (nSPS) is 21.6. The standard InChI is InChI=1S/C13H22N4O2S/c1-9(10-3-2-4-10)17-20(18,19)13-11(8-15-16-13)7-14-12-5-6-12/h8-10,12,14,17H,2-7H2,1H3,(H,15,16). The van der Waals surface area contributed by atoms with E-state index < -0.39 is 10.0 Å². The number of hydrogen-bond donors (Lipinski definition) is 3. The molecule has 6 nitrogen and oxygen atoms in total. The first kappa shape index (κ1) is 14.0. The number of sulfonamides is 1. The molecule has 3 N–H and O–H groups in total. The van der Waals surface area contributed by atoms with Gasteiger partial charge in [-0.2, -0.15) is 5.10 Å². The molecule has 2 aliphatic carbocycles. The van der Waals surface area contributed by atoms with E-state index in [1.54, 1.807) is 6.20 Å². The lowest BCUT2D eigenvalue weighted by atomic mass is 9.81. The van der Waals surface area contributed by atoms with Crippen molar-refractivity contribution in [1.82, 2.24) is 20.2 Å². The van der Waals surface area contributed by atoms with Crippen molar-refractivity contribution in [3.63, 3.8) is 0 Å². The van der Waals surface area contributed by atoms with E-state index in [0.717, 1.165) is 12.8 Å². The zero-order valence-corrected chi connectivity index (χ0v) is 12.5. The largest absolute Gasteiger partial charge is 0.310 e. The third-order valence-electron chi connectivity index (χ3n) is 4.30. The number of aromatic nitrogens is 2. The Morgan fingerprint density at radius 1 is 1.40 bits per heavy atom. The van der Waals surface area contributed by atoms with E-state index in [1.165, 1.54) is 19.3 Å². The molecule has 2 aliphatic rings. The van der Waals surface area contributed by atoms with Crippen LogP contribution in [0, 0.1) is 5.92 Å². The highest BCUT2D eigenvalue weighted by Gasteiger charge is 2.30. The molecular formula is C13H22N4O2S. The summed E-state index contributed by atoms with van der Waals surface area (Å²) < 4.78 is 27.6. The van der Waals surface area contributed by atoms with Crippen LogP contribution >= 0.6 is 0 Å². The summed E-state index contributed by atoms with van der Waals surface area (Å²) in [6.45, 7) is 2.50. The zero-order chi connectivity index (χ0) is 14.2. The van der Waals surface area contributed by atoms with Gasteiger partial charge in [0.15, 0.2) is 5.03 Å². The Balaban J connectivity index is 1.67. The Bertz CT molecular complexity index is 561. The van der Waals surface area contributed by atoms with Crippen LogP contribution in [0.2, 0.25) is 0 Å². The van der Waals surface area contributed by atoms with Crippen LogP contribution in [0.1, 0.15) is 44.6 Å². The molecule has 0 bridgehead atoms. The maximum absolute atomic E-state index is 12.4. The lowest BCUT2D eigenvalue weighted by Gasteiger charge is -2.31. The molecule has 1 aromatic rings. The topological polar surface area (TPSA) is 86.9 Å². The highest BCUT2D eigenvalue weighted by Crippen LogP contribution is 2.30. The molecular weight excluding hydrogens is 276 g/mol. The van der Waals surface area contributed by atoms with E-state index in [9.17, 15) is 8.42 Å². The second-order valence-electron chi connectivity index (χ2n) is 5.98. The molecule has 112 valence electrons. The van der Waals surface area contributed by atoms with Gasteiger partial charge in [-0.15, -0.1) is 0 Å². The summed E-state index contributed by atoms with van der Waals surface area (Å²) in [4.78, 5) is 0. The van der Waals surface area contributed by atoms with Crippen molar-refractivity contribution < 1.29 is 8.42 Å². The van der Waals surface area contributed by atoms with Crippen molar-refractivity contribution in [3.8, 4) is 0 Å². The first-order valence-electron chi connectivity index (χ1n) is 7.34. The summed E-state index contributed by atoms with van der Waals surface area (Å²) in [6.07, 6.45) is 7.38. The van der Waals surface area contributed by atoms with Gasteiger partial charge in [0.25, 0.3) is 10.0 Å². The van der Waals surface area contributed by atoms with Crippen molar-refractivity contribution in [2.45, 2.75) is 62.7 Å². The molecule has 2 saturated carbocycles. The van der Waals surface area contributed by atoms with E-state index in [2.05, 4.69) is 20.2 Å². The van der Waals surface area contributed by atoms with Gasteiger partial charge in [-0.05, 0) is 38.5 Å². The number of aromatic amines is 1. The Morgan fingerprint density at radius 2 is 2.15 bits per heavy atom. The molecule has 0 aliphatic heterocycles. The molecule has 0 aromatic carbocycles. The molecule has 7 heteroatoms. The van der Waals surface area contributed by atoms with E-state index in [0.29, 0.717) is 24.1 Å².